The van der Waals surface area contributed by atoms with Crippen molar-refractivity contribution in [2.24, 2.45) is 5.92 Å². The maximum atomic E-state index is 13.4. The highest BCUT2D eigenvalue weighted by Gasteiger charge is 2.26. The van der Waals surface area contributed by atoms with Gasteiger partial charge in [-0.2, -0.15) is 0 Å². The molecule has 0 fully saturated rings. The van der Waals surface area contributed by atoms with Crippen molar-refractivity contribution in [2.45, 2.75) is 27.2 Å². The lowest BCUT2D eigenvalue weighted by atomic mass is 9.95. The molecule has 174 valence electrons. The molecule has 7 nitrogen and oxygen atoms in total. The molecule has 34 heavy (non-hydrogen) atoms. The van der Waals surface area contributed by atoms with Crippen LogP contribution in [-0.4, -0.2) is 21.2 Å². The summed E-state index contributed by atoms with van der Waals surface area (Å²) in [6.07, 6.45) is 0.336. The third kappa shape index (κ3) is 4.08. The Labute approximate surface area is 195 Å². The average molecular weight is 459 g/mol. The zero-order valence-corrected chi connectivity index (χ0v) is 19.0. The predicted octanol–water partition coefficient (Wildman–Crippen LogP) is 5.34. The third-order valence-electron chi connectivity index (χ3n) is 5.61. The van der Waals surface area contributed by atoms with Crippen LogP contribution in [0, 0.1) is 12.8 Å². The van der Waals surface area contributed by atoms with Crippen molar-refractivity contribution < 1.29 is 24.5 Å². The third-order valence-corrected chi connectivity index (χ3v) is 5.61. The highest BCUT2D eigenvalue weighted by atomic mass is 16.3. The summed E-state index contributed by atoms with van der Waals surface area (Å²) in [4.78, 5) is 26.0. The Bertz CT molecular complexity index is 1440. The average Bonchev–Trinajstić information content (AvgIpc) is 2.81. The first kappa shape index (κ1) is 22.9. The molecule has 4 N–H and O–H groups in total. The van der Waals surface area contributed by atoms with Crippen LogP contribution in [0.1, 0.15) is 35.5 Å². The van der Waals surface area contributed by atoms with Crippen LogP contribution < -0.4 is 10.7 Å². The molecule has 1 heterocycles. The van der Waals surface area contributed by atoms with Crippen molar-refractivity contribution in [3.8, 4) is 28.4 Å². The highest BCUT2D eigenvalue weighted by Crippen LogP contribution is 2.45. The second-order valence-corrected chi connectivity index (χ2v) is 8.59. The van der Waals surface area contributed by atoms with Crippen LogP contribution in [0.5, 0.6) is 17.2 Å². The number of nitrogens with one attached hydrogen (secondary N) is 1. The van der Waals surface area contributed by atoms with Gasteiger partial charge >= 0.3 is 0 Å². The smallest absolute Gasteiger partial charge is 0.255 e. The number of para-hydroxylation sites is 1. The number of aromatic hydroxyl groups is 3. The monoisotopic (exact) mass is 459 g/mol. The van der Waals surface area contributed by atoms with Crippen molar-refractivity contribution in [2.75, 3.05) is 5.32 Å². The van der Waals surface area contributed by atoms with E-state index in [0.717, 1.165) is 0 Å². The van der Waals surface area contributed by atoms with Gasteiger partial charge in [-0.05, 0) is 49.1 Å². The first-order valence-corrected chi connectivity index (χ1v) is 10.9. The Kier molecular flexibility index (Phi) is 6.03. The summed E-state index contributed by atoms with van der Waals surface area (Å²) in [7, 11) is 0. The molecule has 4 aromatic rings. The number of benzene rings is 3. The standard InChI is InChI=1S/C27H25NO6/c1-14(2)13-19-22(29)25(32)24(31)21-23(30)20(15(3)34-26(19)21)16-9-11-17(12-10-16)27(33)28-18-7-5-4-6-8-18/h4-12,14,29,31-32H,13H2,1-3H3,(H,28,33). The lowest BCUT2D eigenvalue weighted by Crippen LogP contribution is -2.12. The van der Waals surface area contributed by atoms with Crippen molar-refractivity contribution in [1.29, 1.82) is 0 Å². The molecule has 0 spiro atoms. The van der Waals surface area contributed by atoms with Crippen LogP contribution in [0.3, 0.4) is 0 Å². The van der Waals surface area contributed by atoms with E-state index in [2.05, 4.69) is 5.32 Å². The van der Waals surface area contributed by atoms with Crippen molar-refractivity contribution in [3.05, 3.63) is 81.7 Å². The summed E-state index contributed by atoms with van der Waals surface area (Å²) in [5.74, 6) is -1.89. The molecule has 0 unspecified atom stereocenters. The summed E-state index contributed by atoms with van der Waals surface area (Å²) < 4.78 is 5.92. The van der Waals surface area contributed by atoms with Gasteiger partial charge in [-0.3, -0.25) is 9.59 Å². The van der Waals surface area contributed by atoms with Gasteiger partial charge in [-0.25, -0.2) is 0 Å². The largest absolute Gasteiger partial charge is 0.504 e. The maximum absolute atomic E-state index is 13.4. The Morgan fingerprint density at radius 2 is 1.59 bits per heavy atom. The van der Waals surface area contributed by atoms with Crippen LogP contribution in [-0.2, 0) is 6.42 Å². The minimum atomic E-state index is -0.752. The summed E-state index contributed by atoms with van der Waals surface area (Å²) in [5.41, 5.74) is 1.52. The van der Waals surface area contributed by atoms with Gasteiger partial charge in [-0.1, -0.05) is 44.2 Å². The zero-order valence-electron chi connectivity index (χ0n) is 19.0. The van der Waals surface area contributed by atoms with E-state index in [4.69, 9.17) is 4.42 Å². The second-order valence-electron chi connectivity index (χ2n) is 8.59. The summed E-state index contributed by atoms with van der Waals surface area (Å²) in [5, 5.41) is 33.7. The number of phenols is 3. The van der Waals surface area contributed by atoms with E-state index in [0.29, 0.717) is 23.2 Å². The van der Waals surface area contributed by atoms with E-state index in [1.54, 1.807) is 43.3 Å². The number of fused-ring (bicyclic) bond motifs is 1. The zero-order chi connectivity index (χ0) is 24.6. The van der Waals surface area contributed by atoms with Crippen molar-refractivity contribution in [1.82, 2.24) is 0 Å². The minimum absolute atomic E-state index is 0.0478. The number of anilines is 1. The molecule has 3 aromatic carbocycles. The molecule has 0 aliphatic carbocycles. The topological polar surface area (TPSA) is 120 Å². The van der Waals surface area contributed by atoms with E-state index in [9.17, 15) is 24.9 Å². The molecular weight excluding hydrogens is 434 g/mol. The number of rotatable bonds is 5. The quantitative estimate of drug-likeness (QED) is 0.299. The lowest BCUT2D eigenvalue weighted by molar-refractivity contribution is 0.102. The van der Waals surface area contributed by atoms with Crippen LogP contribution in [0.4, 0.5) is 5.69 Å². The predicted molar refractivity (Wildman–Crippen MR) is 131 cm³/mol. The van der Waals surface area contributed by atoms with E-state index >= 15 is 0 Å². The number of hydrogen-bond acceptors (Lipinski definition) is 6. The molecule has 1 aromatic heterocycles. The molecule has 4 rings (SSSR count). The molecule has 0 saturated heterocycles. The van der Waals surface area contributed by atoms with Crippen LogP contribution in [0.15, 0.2) is 63.8 Å². The molecular formula is C27H25NO6. The van der Waals surface area contributed by atoms with Gasteiger partial charge in [0.25, 0.3) is 5.91 Å². The van der Waals surface area contributed by atoms with Gasteiger partial charge in [0.05, 0.1) is 5.56 Å². The SMILES string of the molecule is Cc1oc2c(CC(C)C)c(O)c(O)c(O)c2c(=O)c1-c1ccc(C(=O)Nc2ccccc2)cc1. The molecule has 0 aliphatic rings. The fraction of sp³-hybridized carbons (Fsp3) is 0.185. The molecule has 0 radical (unpaired) electrons. The van der Waals surface area contributed by atoms with Gasteiger partial charge in [-0.15, -0.1) is 0 Å². The molecule has 7 heteroatoms. The Hall–Kier alpha value is -4.26. The number of carbonyl (C=O) groups is 1. The maximum Gasteiger partial charge on any atom is 0.255 e. The number of hydrogen-bond donors (Lipinski definition) is 4. The van der Waals surface area contributed by atoms with E-state index < -0.39 is 22.7 Å². The molecule has 0 atom stereocenters. The number of phenolic OH excluding ortho intramolecular Hbond substituents is 3. The Morgan fingerprint density at radius 1 is 0.941 bits per heavy atom. The highest BCUT2D eigenvalue weighted by molar-refractivity contribution is 6.04. The number of aryl methyl sites for hydroxylation is 1. The van der Waals surface area contributed by atoms with Gasteiger partial charge in [0, 0.05) is 16.8 Å². The van der Waals surface area contributed by atoms with Crippen LogP contribution >= 0.6 is 0 Å². The lowest BCUT2D eigenvalue weighted by Gasteiger charge is -2.15. The van der Waals surface area contributed by atoms with Gasteiger partial charge in [0.2, 0.25) is 11.2 Å². The molecule has 0 bridgehead atoms. The van der Waals surface area contributed by atoms with E-state index in [-0.39, 0.29) is 39.7 Å². The first-order valence-electron chi connectivity index (χ1n) is 10.9. The summed E-state index contributed by atoms with van der Waals surface area (Å²) >= 11 is 0. The van der Waals surface area contributed by atoms with Crippen LogP contribution in [0.25, 0.3) is 22.1 Å². The fourth-order valence-electron chi connectivity index (χ4n) is 4.00. The number of amides is 1. The number of carbonyl (C=O) groups excluding carboxylic acids is 1. The normalized spacial score (nSPS) is 11.2. The first-order chi connectivity index (χ1) is 16.2. The Morgan fingerprint density at radius 3 is 2.21 bits per heavy atom. The molecule has 1 amide bonds. The molecule has 0 saturated carbocycles. The van der Waals surface area contributed by atoms with Crippen molar-refractivity contribution in [3.63, 3.8) is 0 Å². The van der Waals surface area contributed by atoms with Crippen LogP contribution in [0.2, 0.25) is 0 Å². The van der Waals surface area contributed by atoms with Gasteiger partial charge in [0.1, 0.15) is 16.7 Å². The molecule has 0 aliphatic heterocycles. The summed E-state index contributed by atoms with van der Waals surface area (Å²) in [6, 6.07) is 15.5. The van der Waals surface area contributed by atoms with E-state index in [1.807, 2.05) is 32.0 Å². The van der Waals surface area contributed by atoms with E-state index in [1.165, 1.54) is 0 Å². The van der Waals surface area contributed by atoms with Crippen molar-refractivity contribution >= 4 is 22.6 Å². The fourth-order valence-corrected chi connectivity index (χ4v) is 4.00. The van der Waals surface area contributed by atoms with Gasteiger partial charge in [0.15, 0.2) is 11.5 Å². The Balaban J connectivity index is 1.79. The summed E-state index contributed by atoms with van der Waals surface area (Å²) in [6.45, 7) is 5.46. The minimum Gasteiger partial charge on any atom is -0.504 e. The van der Waals surface area contributed by atoms with Gasteiger partial charge < -0.3 is 25.1 Å². The second kappa shape index (κ2) is 8.94.